The Bertz CT molecular complexity index is 732. The Hall–Kier alpha value is -2.30. The molecule has 0 unspecified atom stereocenters. The lowest BCUT2D eigenvalue weighted by atomic mass is 10.1. The molecule has 4 rings (SSSR count). The van der Waals surface area contributed by atoms with Gasteiger partial charge in [0, 0.05) is 25.3 Å². The number of H-pyrrole nitrogens is 1. The van der Waals surface area contributed by atoms with Crippen molar-refractivity contribution in [1.82, 2.24) is 9.88 Å². The molecule has 24 heavy (non-hydrogen) atoms. The lowest BCUT2D eigenvalue weighted by Crippen LogP contribution is -2.35. The number of aryl methyl sites for hydroxylation is 1. The number of nitrogens with zero attached hydrogens (tertiary/aromatic N) is 2. The molecule has 4 nitrogen and oxygen atoms in total. The fraction of sp³-hybridized carbons (Fsp3) is 0.421. The molecule has 1 N–H and O–H groups in total. The van der Waals surface area contributed by atoms with E-state index in [0.29, 0.717) is 5.69 Å². The lowest BCUT2D eigenvalue weighted by molar-refractivity contribution is 0.0719. The van der Waals surface area contributed by atoms with Gasteiger partial charge in [-0.15, -0.1) is 0 Å². The topological polar surface area (TPSA) is 39.3 Å². The normalized spacial score (nSPS) is 17.7. The Morgan fingerprint density at radius 2 is 1.75 bits per heavy atom. The number of carbonyl (C=O) groups excluding carboxylic acids is 1. The van der Waals surface area contributed by atoms with Gasteiger partial charge in [-0.3, -0.25) is 4.79 Å². The average molecular weight is 327 g/mol. The van der Waals surface area contributed by atoms with E-state index in [1.54, 1.807) is 12.1 Å². The van der Waals surface area contributed by atoms with Crippen LogP contribution in [-0.2, 0) is 6.42 Å². The Morgan fingerprint density at radius 3 is 2.50 bits per heavy atom. The Labute approximate surface area is 141 Å². The summed E-state index contributed by atoms with van der Waals surface area (Å²) in [4.78, 5) is 20.2. The van der Waals surface area contributed by atoms with E-state index in [1.807, 2.05) is 11.0 Å². The molecule has 5 heteroatoms. The molecule has 2 aliphatic rings. The smallest absolute Gasteiger partial charge is 0.270 e. The molecule has 1 fully saturated rings. The maximum atomic E-state index is 13.2. The molecular formula is C19H22FN3O. The van der Waals surface area contributed by atoms with Crippen molar-refractivity contribution in [2.45, 2.75) is 32.1 Å². The van der Waals surface area contributed by atoms with Gasteiger partial charge in [-0.1, -0.05) is 0 Å². The molecule has 0 saturated carbocycles. The van der Waals surface area contributed by atoms with Gasteiger partial charge in [0.05, 0.1) is 0 Å². The number of hydrogen-bond donors (Lipinski definition) is 1. The Kier molecular flexibility index (Phi) is 4.00. The maximum absolute atomic E-state index is 13.2. The van der Waals surface area contributed by atoms with Crippen LogP contribution in [0.5, 0.6) is 0 Å². The first kappa shape index (κ1) is 15.2. The van der Waals surface area contributed by atoms with Gasteiger partial charge >= 0.3 is 0 Å². The zero-order valence-corrected chi connectivity index (χ0v) is 13.7. The van der Waals surface area contributed by atoms with Crippen LogP contribution in [0.25, 0.3) is 0 Å². The number of aromatic amines is 1. The number of halogens is 1. The van der Waals surface area contributed by atoms with Crippen LogP contribution in [0.3, 0.4) is 0 Å². The third kappa shape index (κ3) is 2.79. The van der Waals surface area contributed by atoms with Gasteiger partial charge in [-0.25, -0.2) is 4.39 Å². The molecule has 0 bridgehead atoms. The molecule has 1 aromatic carbocycles. The van der Waals surface area contributed by atoms with Crippen LogP contribution in [0, 0.1) is 5.82 Å². The summed E-state index contributed by atoms with van der Waals surface area (Å²) >= 11 is 0. The molecule has 0 spiro atoms. The van der Waals surface area contributed by atoms with Crippen molar-refractivity contribution in [2.75, 3.05) is 24.5 Å². The zero-order chi connectivity index (χ0) is 16.5. The summed E-state index contributed by atoms with van der Waals surface area (Å²) in [6, 6.07) is 8.54. The van der Waals surface area contributed by atoms with E-state index >= 15 is 0 Å². The van der Waals surface area contributed by atoms with Gasteiger partial charge < -0.3 is 14.8 Å². The van der Waals surface area contributed by atoms with E-state index in [-0.39, 0.29) is 11.7 Å². The van der Waals surface area contributed by atoms with Crippen molar-refractivity contribution in [3.05, 3.63) is 47.4 Å². The fourth-order valence-corrected chi connectivity index (χ4v) is 3.72. The summed E-state index contributed by atoms with van der Waals surface area (Å²) in [6.07, 6.45) is 5.39. The number of rotatable bonds is 2. The van der Waals surface area contributed by atoms with Crippen molar-refractivity contribution in [2.24, 2.45) is 0 Å². The highest BCUT2D eigenvalue weighted by Crippen LogP contribution is 2.33. The van der Waals surface area contributed by atoms with Crippen molar-refractivity contribution < 1.29 is 9.18 Å². The third-order valence-electron chi connectivity index (χ3n) is 4.99. The SMILES string of the molecule is O=C(c1cc2c([nH]1)N(c1ccc(F)cc1)CCC2)N1CCCCC1. The minimum atomic E-state index is -0.233. The second-order valence-corrected chi connectivity index (χ2v) is 6.64. The van der Waals surface area contributed by atoms with Crippen molar-refractivity contribution in [1.29, 1.82) is 0 Å². The Morgan fingerprint density at radius 1 is 1.00 bits per heavy atom. The number of amides is 1. The summed E-state index contributed by atoms with van der Waals surface area (Å²) in [5, 5.41) is 0. The van der Waals surface area contributed by atoms with E-state index < -0.39 is 0 Å². The number of hydrogen-bond acceptors (Lipinski definition) is 2. The molecule has 2 aliphatic heterocycles. The summed E-state index contributed by atoms with van der Waals surface area (Å²) in [6.45, 7) is 2.57. The highest BCUT2D eigenvalue weighted by Gasteiger charge is 2.25. The molecule has 0 atom stereocenters. The number of benzene rings is 1. The first-order valence-electron chi connectivity index (χ1n) is 8.76. The van der Waals surface area contributed by atoms with Gasteiger partial charge in [0.1, 0.15) is 17.3 Å². The van der Waals surface area contributed by atoms with Gasteiger partial charge in [-0.05, 0) is 68.0 Å². The zero-order valence-electron chi connectivity index (χ0n) is 13.7. The van der Waals surface area contributed by atoms with Crippen LogP contribution in [0.15, 0.2) is 30.3 Å². The highest BCUT2D eigenvalue weighted by atomic mass is 19.1. The third-order valence-corrected chi connectivity index (χ3v) is 4.99. The quantitative estimate of drug-likeness (QED) is 0.909. The number of fused-ring (bicyclic) bond motifs is 1. The van der Waals surface area contributed by atoms with Crippen LogP contribution in [0.4, 0.5) is 15.9 Å². The molecule has 1 amide bonds. The lowest BCUT2D eigenvalue weighted by Gasteiger charge is -2.29. The summed E-state index contributed by atoms with van der Waals surface area (Å²) in [7, 11) is 0. The van der Waals surface area contributed by atoms with E-state index in [0.717, 1.165) is 56.8 Å². The molecule has 0 aliphatic carbocycles. The van der Waals surface area contributed by atoms with Gasteiger partial charge in [0.2, 0.25) is 0 Å². The minimum absolute atomic E-state index is 0.100. The van der Waals surface area contributed by atoms with Crippen LogP contribution in [0.1, 0.15) is 41.7 Å². The van der Waals surface area contributed by atoms with E-state index in [4.69, 9.17) is 0 Å². The molecule has 3 heterocycles. The van der Waals surface area contributed by atoms with Crippen LogP contribution in [-0.4, -0.2) is 35.4 Å². The summed E-state index contributed by atoms with van der Waals surface area (Å²) in [5.74, 6) is 0.847. The van der Waals surface area contributed by atoms with E-state index in [1.165, 1.54) is 24.1 Å². The van der Waals surface area contributed by atoms with Gasteiger partial charge in [0.25, 0.3) is 5.91 Å². The van der Waals surface area contributed by atoms with Crippen LogP contribution >= 0.6 is 0 Å². The highest BCUT2D eigenvalue weighted by molar-refractivity contribution is 5.94. The van der Waals surface area contributed by atoms with Crippen molar-refractivity contribution in [3.63, 3.8) is 0 Å². The Balaban J connectivity index is 1.62. The second-order valence-electron chi connectivity index (χ2n) is 6.64. The number of nitrogens with one attached hydrogen (secondary N) is 1. The van der Waals surface area contributed by atoms with Crippen molar-refractivity contribution >= 4 is 17.4 Å². The maximum Gasteiger partial charge on any atom is 0.270 e. The molecule has 1 saturated heterocycles. The minimum Gasteiger partial charge on any atom is -0.337 e. The average Bonchev–Trinajstić information content (AvgIpc) is 3.07. The van der Waals surface area contributed by atoms with E-state index in [9.17, 15) is 9.18 Å². The molecule has 1 aromatic heterocycles. The fourth-order valence-electron chi connectivity index (χ4n) is 3.72. The first-order valence-corrected chi connectivity index (χ1v) is 8.76. The second kappa shape index (κ2) is 6.30. The summed E-state index contributed by atoms with van der Waals surface area (Å²) < 4.78 is 13.2. The standard InChI is InChI=1S/C19H22FN3O/c20-15-6-8-16(9-7-15)23-12-4-5-14-13-17(21-18(14)23)19(24)22-10-2-1-3-11-22/h6-9,13,21H,1-5,10-12H2. The predicted octanol–water partition coefficient (Wildman–Crippen LogP) is 3.86. The number of aromatic nitrogens is 1. The number of anilines is 2. The molecule has 0 radical (unpaired) electrons. The predicted molar refractivity (Wildman–Crippen MR) is 92.3 cm³/mol. The van der Waals surface area contributed by atoms with Gasteiger partial charge in [0.15, 0.2) is 0 Å². The number of carbonyl (C=O) groups is 1. The van der Waals surface area contributed by atoms with Crippen molar-refractivity contribution in [3.8, 4) is 0 Å². The largest absolute Gasteiger partial charge is 0.337 e. The molecule has 126 valence electrons. The number of piperidine rings is 1. The first-order chi connectivity index (χ1) is 11.7. The monoisotopic (exact) mass is 327 g/mol. The van der Waals surface area contributed by atoms with Gasteiger partial charge in [-0.2, -0.15) is 0 Å². The molecule has 2 aromatic rings. The number of likely N-dealkylation sites (tertiary alicyclic amines) is 1. The van der Waals surface area contributed by atoms with E-state index in [2.05, 4.69) is 9.88 Å². The van der Waals surface area contributed by atoms with Crippen LogP contribution < -0.4 is 4.90 Å². The summed E-state index contributed by atoms with van der Waals surface area (Å²) in [5.41, 5.74) is 2.80. The molecular weight excluding hydrogens is 305 g/mol. The van der Waals surface area contributed by atoms with Crippen LogP contribution in [0.2, 0.25) is 0 Å².